The molecule has 0 aliphatic rings. The number of rotatable bonds is 7. The molecule has 2 aromatic rings. The Bertz CT molecular complexity index is 573. The molecule has 3 nitrogen and oxygen atoms in total. The predicted octanol–water partition coefficient (Wildman–Crippen LogP) is 3.63. The molecule has 1 heterocycles. The van der Waals surface area contributed by atoms with E-state index in [0.717, 1.165) is 24.1 Å². The van der Waals surface area contributed by atoms with Crippen LogP contribution in [0.15, 0.2) is 29.8 Å². The standard InChI is InChI=1S/C16H21FN2OS/c1-3-14(18)16(12-5-4-6-13(17)9-12)20-8-7-15-11(2)19-10-21-15/h4-6,9-10,14,16H,3,7-8,18H2,1-2H3. The summed E-state index contributed by atoms with van der Waals surface area (Å²) in [4.78, 5) is 5.44. The lowest BCUT2D eigenvalue weighted by atomic mass is 10.0. The second kappa shape index (κ2) is 7.64. The average Bonchev–Trinajstić information content (AvgIpc) is 2.88. The summed E-state index contributed by atoms with van der Waals surface area (Å²) >= 11 is 1.63. The average molecular weight is 308 g/mol. The first-order valence-corrected chi connectivity index (χ1v) is 8.01. The molecule has 0 aliphatic carbocycles. The van der Waals surface area contributed by atoms with Gasteiger partial charge in [-0.05, 0) is 31.0 Å². The Hall–Kier alpha value is -1.30. The van der Waals surface area contributed by atoms with Crippen LogP contribution in [-0.4, -0.2) is 17.6 Å². The zero-order chi connectivity index (χ0) is 15.2. The van der Waals surface area contributed by atoms with Crippen LogP contribution >= 0.6 is 11.3 Å². The van der Waals surface area contributed by atoms with Crippen LogP contribution in [0.2, 0.25) is 0 Å². The lowest BCUT2D eigenvalue weighted by Crippen LogP contribution is -2.30. The molecule has 0 saturated carbocycles. The highest BCUT2D eigenvalue weighted by atomic mass is 32.1. The van der Waals surface area contributed by atoms with Crippen molar-refractivity contribution in [2.45, 2.75) is 38.8 Å². The van der Waals surface area contributed by atoms with E-state index in [1.54, 1.807) is 17.4 Å². The quantitative estimate of drug-likeness (QED) is 0.849. The van der Waals surface area contributed by atoms with Crippen LogP contribution in [0.4, 0.5) is 4.39 Å². The number of halogens is 1. The fourth-order valence-corrected chi connectivity index (χ4v) is 2.97. The number of ether oxygens (including phenoxy) is 1. The molecule has 2 unspecified atom stereocenters. The number of thiazole rings is 1. The van der Waals surface area contributed by atoms with Gasteiger partial charge < -0.3 is 10.5 Å². The first-order chi connectivity index (χ1) is 10.1. The summed E-state index contributed by atoms with van der Waals surface area (Å²) in [5, 5.41) is 0. The number of benzene rings is 1. The van der Waals surface area contributed by atoms with E-state index in [1.165, 1.54) is 17.0 Å². The second-order valence-corrected chi connectivity index (χ2v) is 5.97. The fraction of sp³-hybridized carbons (Fsp3) is 0.438. The SMILES string of the molecule is CCC(N)C(OCCc1scnc1C)c1cccc(F)c1. The van der Waals surface area contributed by atoms with Crippen LogP contribution < -0.4 is 5.73 Å². The molecule has 0 radical (unpaired) electrons. The third kappa shape index (κ3) is 4.33. The molecule has 1 aromatic heterocycles. The van der Waals surface area contributed by atoms with Gasteiger partial charge in [0.1, 0.15) is 5.82 Å². The van der Waals surface area contributed by atoms with E-state index in [4.69, 9.17) is 10.5 Å². The third-order valence-electron chi connectivity index (χ3n) is 3.51. The van der Waals surface area contributed by atoms with Crippen LogP contribution in [0, 0.1) is 12.7 Å². The van der Waals surface area contributed by atoms with Crippen LogP contribution in [0.1, 0.15) is 35.6 Å². The molecule has 2 atom stereocenters. The number of hydrogen-bond acceptors (Lipinski definition) is 4. The Balaban J connectivity index is 2.02. The van der Waals surface area contributed by atoms with Crippen molar-refractivity contribution in [1.29, 1.82) is 0 Å². The Morgan fingerprint density at radius 1 is 1.43 bits per heavy atom. The van der Waals surface area contributed by atoms with Gasteiger partial charge in [0.25, 0.3) is 0 Å². The summed E-state index contributed by atoms with van der Waals surface area (Å²) < 4.78 is 19.3. The minimum Gasteiger partial charge on any atom is -0.372 e. The first kappa shape index (κ1) is 16.1. The molecule has 21 heavy (non-hydrogen) atoms. The molecule has 0 fully saturated rings. The fourth-order valence-electron chi connectivity index (χ4n) is 2.21. The smallest absolute Gasteiger partial charge is 0.123 e. The van der Waals surface area contributed by atoms with E-state index in [1.807, 2.05) is 25.4 Å². The molecule has 2 N–H and O–H groups in total. The van der Waals surface area contributed by atoms with Gasteiger partial charge in [-0.1, -0.05) is 19.1 Å². The second-order valence-electron chi connectivity index (χ2n) is 5.03. The molecule has 0 spiro atoms. The zero-order valence-corrected chi connectivity index (χ0v) is 13.2. The number of nitrogens with zero attached hydrogens (tertiary/aromatic N) is 1. The van der Waals surface area contributed by atoms with E-state index < -0.39 is 0 Å². The topological polar surface area (TPSA) is 48.1 Å². The van der Waals surface area contributed by atoms with Crippen molar-refractivity contribution in [3.63, 3.8) is 0 Å². The van der Waals surface area contributed by atoms with Gasteiger partial charge in [-0.15, -0.1) is 11.3 Å². The Morgan fingerprint density at radius 3 is 2.86 bits per heavy atom. The molecule has 2 rings (SSSR count). The molecule has 0 bridgehead atoms. The number of aromatic nitrogens is 1. The molecular formula is C16H21FN2OS. The van der Waals surface area contributed by atoms with Gasteiger partial charge in [0.05, 0.1) is 23.9 Å². The Kier molecular flexibility index (Phi) is 5.85. The van der Waals surface area contributed by atoms with Crippen LogP contribution in [-0.2, 0) is 11.2 Å². The minimum atomic E-state index is -0.279. The molecule has 114 valence electrons. The van der Waals surface area contributed by atoms with Crippen molar-refractivity contribution >= 4 is 11.3 Å². The summed E-state index contributed by atoms with van der Waals surface area (Å²) in [6.45, 7) is 4.55. The van der Waals surface area contributed by atoms with Crippen molar-refractivity contribution in [2.75, 3.05) is 6.61 Å². The van der Waals surface area contributed by atoms with Crippen LogP contribution in [0.5, 0.6) is 0 Å². The molecular weight excluding hydrogens is 287 g/mol. The van der Waals surface area contributed by atoms with Gasteiger partial charge in [-0.3, -0.25) is 0 Å². The Morgan fingerprint density at radius 2 is 2.24 bits per heavy atom. The van der Waals surface area contributed by atoms with Gasteiger partial charge >= 0.3 is 0 Å². The third-order valence-corrected chi connectivity index (χ3v) is 4.50. The predicted molar refractivity (Wildman–Crippen MR) is 83.9 cm³/mol. The number of hydrogen-bond donors (Lipinski definition) is 1. The van der Waals surface area contributed by atoms with Crippen molar-refractivity contribution in [3.05, 3.63) is 51.7 Å². The Labute approximate surface area is 129 Å². The van der Waals surface area contributed by atoms with E-state index in [9.17, 15) is 4.39 Å². The van der Waals surface area contributed by atoms with E-state index in [-0.39, 0.29) is 18.0 Å². The lowest BCUT2D eigenvalue weighted by molar-refractivity contribution is 0.0354. The molecule has 0 aliphatic heterocycles. The minimum absolute atomic E-state index is 0.144. The van der Waals surface area contributed by atoms with Gasteiger partial charge in [0.2, 0.25) is 0 Å². The van der Waals surface area contributed by atoms with Gasteiger partial charge in [0.15, 0.2) is 0 Å². The van der Waals surface area contributed by atoms with E-state index in [0.29, 0.717) is 6.61 Å². The van der Waals surface area contributed by atoms with E-state index >= 15 is 0 Å². The maximum Gasteiger partial charge on any atom is 0.123 e. The van der Waals surface area contributed by atoms with Gasteiger partial charge in [-0.25, -0.2) is 9.37 Å². The molecule has 1 aromatic carbocycles. The summed E-state index contributed by atoms with van der Waals surface area (Å²) in [5.74, 6) is -0.261. The summed E-state index contributed by atoms with van der Waals surface area (Å²) in [5.41, 5.74) is 9.81. The molecule has 5 heteroatoms. The number of nitrogens with two attached hydrogens (primary N) is 1. The highest BCUT2D eigenvalue weighted by Gasteiger charge is 2.20. The number of aryl methyl sites for hydroxylation is 1. The van der Waals surface area contributed by atoms with Crippen molar-refractivity contribution in [1.82, 2.24) is 4.98 Å². The van der Waals surface area contributed by atoms with Crippen LogP contribution in [0.3, 0.4) is 0 Å². The molecule has 0 amide bonds. The van der Waals surface area contributed by atoms with Gasteiger partial charge in [0, 0.05) is 17.3 Å². The summed E-state index contributed by atoms with van der Waals surface area (Å²) in [6, 6.07) is 6.34. The normalized spacial score (nSPS) is 14.1. The van der Waals surface area contributed by atoms with Crippen LogP contribution in [0.25, 0.3) is 0 Å². The lowest BCUT2D eigenvalue weighted by Gasteiger charge is -2.24. The summed E-state index contributed by atoms with van der Waals surface area (Å²) in [7, 11) is 0. The van der Waals surface area contributed by atoms with Crippen molar-refractivity contribution in [3.8, 4) is 0 Å². The highest BCUT2D eigenvalue weighted by molar-refractivity contribution is 7.09. The summed E-state index contributed by atoms with van der Waals surface area (Å²) in [6.07, 6.45) is 1.30. The first-order valence-electron chi connectivity index (χ1n) is 7.13. The van der Waals surface area contributed by atoms with Crippen molar-refractivity contribution in [2.24, 2.45) is 5.73 Å². The maximum atomic E-state index is 13.4. The van der Waals surface area contributed by atoms with Gasteiger partial charge in [-0.2, -0.15) is 0 Å². The molecule has 0 saturated heterocycles. The zero-order valence-electron chi connectivity index (χ0n) is 12.4. The monoisotopic (exact) mass is 308 g/mol. The highest BCUT2D eigenvalue weighted by Crippen LogP contribution is 2.23. The largest absolute Gasteiger partial charge is 0.372 e. The maximum absolute atomic E-state index is 13.4. The van der Waals surface area contributed by atoms with Crippen molar-refractivity contribution < 1.29 is 9.13 Å². The van der Waals surface area contributed by atoms with E-state index in [2.05, 4.69) is 4.98 Å².